The third-order valence-electron chi connectivity index (χ3n) is 3.65. The van der Waals surface area contributed by atoms with Gasteiger partial charge in [-0.3, -0.25) is 0 Å². The lowest BCUT2D eigenvalue weighted by molar-refractivity contribution is -0.00904. The largest absolute Gasteiger partial charge is 0.460 e. The first-order valence-corrected chi connectivity index (χ1v) is 8.65. The Bertz CT molecular complexity index is 565. The van der Waals surface area contributed by atoms with Gasteiger partial charge in [0.1, 0.15) is 5.60 Å². The maximum absolute atomic E-state index is 12.2. The zero-order valence-electron chi connectivity index (χ0n) is 15.9. The molecule has 0 aliphatic rings. The van der Waals surface area contributed by atoms with E-state index in [0.717, 1.165) is 12.8 Å². The standard InChI is InChI=1S/C19H30O6/c1-18(2,3)11-13-23-16(21)14-8-9-15(24-14)17(22)25-19(4,5)10-6-7-12-20/h8-9,20H,6-7,10-13H2,1-5H3. The molecular formula is C19H30O6. The molecule has 0 bridgehead atoms. The third kappa shape index (κ3) is 8.20. The summed E-state index contributed by atoms with van der Waals surface area (Å²) in [6.07, 6.45) is 2.77. The Balaban J connectivity index is 2.55. The van der Waals surface area contributed by atoms with Crippen molar-refractivity contribution in [3.63, 3.8) is 0 Å². The summed E-state index contributed by atoms with van der Waals surface area (Å²) in [4.78, 5) is 24.1. The Morgan fingerprint density at radius 3 is 2.16 bits per heavy atom. The van der Waals surface area contributed by atoms with Crippen LogP contribution in [0.25, 0.3) is 0 Å². The minimum atomic E-state index is -0.674. The van der Waals surface area contributed by atoms with Crippen molar-refractivity contribution in [3.05, 3.63) is 23.7 Å². The monoisotopic (exact) mass is 354 g/mol. The van der Waals surface area contributed by atoms with E-state index in [1.807, 2.05) is 0 Å². The minimum Gasteiger partial charge on any atom is -0.460 e. The van der Waals surface area contributed by atoms with E-state index in [4.69, 9.17) is 19.0 Å². The van der Waals surface area contributed by atoms with E-state index >= 15 is 0 Å². The Morgan fingerprint density at radius 1 is 1.00 bits per heavy atom. The van der Waals surface area contributed by atoms with E-state index < -0.39 is 17.5 Å². The summed E-state index contributed by atoms with van der Waals surface area (Å²) in [6.45, 7) is 10.2. The van der Waals surface area contributed by atoms with E-state index in [0.29, 0.717) is 19.4 Å². The average Bonchev–Trinajstić information content (AvgIpc) is 2.95. The maximum Gasteiger partial charge on any atom is 0.374 e. The van der Waals surface area contributed by atoms with Crippen molar-refractivity contribution >= 4 is 11.9 Å². The molecule has 0 aliphatic carbocycles. The second-order valence-electron chi connectivity index (χ2n) is 7.94. The molecule has 0 aromatic carbocycles. The molecule has 0 saturated carbocycles. The molecule has 142 valence electrons. The smallest absolute Gasteiger partial charge is 0.374 e. The summed E-state index contributed by atoms with van der Waals surface area (Å²) in [5, 5.41) is 8.82. The van der Waals surface area contributed by atoms with Gasteiger partial charge in [0.2, 0.25) is 11.5 Å². The van der Waals surface area contributed by atoms with Gasteiger partial charge in [-0.1, -0.05) is 20.8 Å². The molecule has 1 N–H and O–H groups in total. The Hall–Kier alpha value is -1.82. The molecule has 25 heavy (non-hydrogen) atoms. The SMILES string of the molecule is CC(C)(C)CCOC(=O)c1ccc(C(=O)OC(C)(C)CCCCO)o1. The van der Waals surface area contributed by atoms with Crippen LogP contribution in [0, 0.1) is 5.41 Å². The van der Waals surface area contributed by atoms with Gasteiger partial charge in [0.25, 0.3) is 0 Å². The van der Waals surface area contributed by atoms with Crippen LogP contribution < -0.4 is 0 Å². The maximum atomic E-state index is 12.2. The van der Waals surface area contributed by atoms with E-state index in [9.17, 15) is 9.59 Å². The molecule has 1 rings (SSSR count). The zero-order chi connectivity index (χ0) is 19.1. The second kappa shape index (κ2) is 9.04. The summed E-state index contributed by atoms with van der Waals surface area (Å²) in [7, 11) is 0. The third-order valence-corrected chi connectivity index (χ3v) is 3.65. The average molecular weight is 354 g/mol. The van der Waals surface area contributed by atoms with Gasteiger partial charge in [-0.2, -0.15) is 0 Å². The van der Waals surface area contributed by atoms with Gasteiger partial charge in [-0.05, 0) is 57.1 Å². The number of esters is 2. The van der Waals surface area contributed by atoms with Crippen LogP contribution in [0.1, 0.15) is 81.4 Å². The second-order valence-corrected chi connectivity index (χ2v) is 7.94. The van der Waals surface area contributed by atoms with Crippen LogP contribution in [0.2, 0.25) is 0 Å². The van der Waals surface area contributed by atoms with Crippen molar-refractivity contribution in [3.8, 4) is 0 Å². The van der Waals surface area contributed by atoms with Crippen molar-refractivity contribution in [1.29, 1.82) is 0 Å². The van der Waals surface area contributed by atoms with Gasteiger partial charge < -0.3 is 19.0 Å². The lowest BCUT2D eigenvalue weighted by Crippen LogP contribution is -2.28. The molecule has 0 atom stereocenters. The molecule has 1 aromatic rings. The van der Waals surface area contributed by atoms with E-state index in [1.54, 1.807) is 13.8 Å². The molecule has 1 aromatic heterocycles. The summed E-state index contributed by atoms with van der Waals surface area (Å²) < 4.78 is 15.9. The quantitative estimate of drug-likeness (QED) is 0.533. The van der Waals surface area contributed by atoms with E-state index in [1.165, 1.54) is 12.1 Å². The van der Waals surface area contributed by atoms with Gasteiger partial charge in [-0.25, -0.2) is 9.59 Å². The fourth-order valence-electron chi connectivity index (χ4n) is 2.09. The lowest BCUT2D eigenvalue weighted by atomic mass is 9.93. The summed E-state index contributed by atoms with van der Waals surface area (Å²) in [6, 6.07) is 2.82. The molecule has 0 unspecified atom stereocenters. The lowest BCUT2D eigenvalue weighted by Gasteiger charge is -2.24. The predicted octanol–water partition coefficient (Wildman–Crippen LogP) is 3.97. The first-order chi connectivity index (χ1) is 11.5. The molecule has 0 aliphatic heterocycles. The number of hydrogen-bond acceptors (Lipinski definition) is 6. The fraction of sp³-hybridized carbons (Fsp3) is 0.684. The van der Waals surface area contributed by atoms with Gasteiger partial charge >= 0.3 is 11.9 Å². The van der Waals surface area contributed by atoms with Crippen molar-refractivity contribution in [2.24, 2.45) is 5.41 Å². The van der Waals surface area contributed by atoms with Crippen molar-refractivity contribution in [2.75, 3.05) is 13.2 Å². The number of aliphatic hydroxyl groups excluding tert-OH is 1. The number of furan rings is 1. The van der Waals surface area contributed by atoms with Crippen LogP contribution in [0.5, 0.6) is 0 Å². The fourth-order valence-corrected chi connectivity index (χ4v) is 2.09. The number of unbranched alkanes of at least 4 members (excludes halogenated alkanes) is 1. The van der Waals surface area contributed by atoms with Crippen LogP contribution in [-0.4, -0.2) is 35.9 Å². The van der Waals surface area contributed by atoms with Crippen molar-refractivity contribution in [2.45, 2.75) is 65.9 Å². The molecule has 1 heterocycles. The summed E-state index contributed by atoms with van der Waals surface area (Å²) >= 11 is 0. The van der Waals surface area contributed by atoms with Crippen LogP contribution in [0.3, 0.4) is 0 Å². The zero-order valence-corrected chi connectivity index (χ0v) is 15.9. The highest BCUT2D eigenvalue weighted by Crippen LogP contribution is 2.22. The Morgan fingerprint density at radius 2 is 1.60 bits per heavy atom. The predicted molar refractivity (Wildman–Crippen MR) is 93.5 cm³/mol. The highest BCUT2D eigenvalue weighted by atomic mass is 16.6. The van der Waals surface area contributed by atoms with Crippen molar-refractivity contribution < 1.29 is 28.6 Å². The molecule has 0 fully saturated rings. The topological polar surface area (TPSA) is 86.0 Å². The molecule has 0 radical (unpaired) electrons. The first kappa shape index (κ1) is 21.2. The minimum absolute atomic E-state index is 0.0149. The highest BCUT2D eigenvalue weighted by molar-refractivity contribution is 5.91. The number of rotatable bonds is 9. The highest BCUT2D eigenvalue weighted by Gasteiger charge is 2.26. The van der Waals surface area contributed by atoms with Crippen LogP contribution in [-0.2, 0) is 9.47 Å². The van der Waals surface area contributed by atoms with Gasteiger partial charge in [0, 0.05) is 6.61 Å². The number of carbonyl (C=O) groups excluding carboxylic acids is 2. The Kier molecular flexibility index (Phi) is 7.67. The molecule has 0 amide bonds. The number of hydrogen-bond donors (Lipinski definition) is 1. The Labute approximate surface area is 149 Å². The van der Waals surface area contributed by atoms with E-state index in [2.05, 4.69) is 20.8 Å². The molecule has 0 spiro atoms. The van der Waals surface area contributed by atoms with E-state index in [-0.39, 0.29) is 23.5 Å². The normalized spacial score (nSPS) is 12.1. The van der Waals surface area contributed by atoms with Gasteiger partial charge in [-0.15, -0.1) is 0 Å². The first-order valence-electron chi connectivity index (χ1n) is 8.65. The molecule has 6 nitrogen and oxygen atoms in total. The number of aliphatic hydroxyl groups is 1. The van der Waals surface area contributed by atoms with Crippen LogP contribution in [0.4, 0.5) is 0 Å². The van der Waals surface area contributed by atoms with Gasteiger partial charge in [0.05, 0.1) is 6.61 Å². The summed E-state index contributed by atoms with van der Waals surface area (Å²) in [5.41, 5.74) is -0.605. The van der Waals surface area contributed by atoms with Gasteiger partial charge in [0.15, 0.2) is 0 Å². The van der Waals surface area contributed by atoms with Crippen LogP contribution >= 0.6 is 0 Å². The number of carbonyl (C=O) groups is 2. The van der Waals surface area contributed by atoms with Crippen LogP contribution in [0.15, 0.2) is 16.5 Å². The van der Waals surface area contributed by atoms with Crippen molar-refractivity contribution in [1.82, 2.24) is 0 Å². The summed E-state index contributed by atoms with van der Waals surface area (Å²) in [5.74, 6) is -1.26. The molecule has 6 heteroatoms. The molecular weight excluding hydrogens is 324 g/mol. The number of ether oxygens (including phenoxy) is 2. The molecule has 0 saturated heterocycles.